The van der Waals surface area contributed by atoms with Gasteiger partial charge in [-0.15, -0.1) is 0 Å². The molecular weight excluding hydrogens is 394 g/mol. The number of phenols is 1. The normalized spacial score (nSPS) is 28.5. The standard InChI is InChI=1S/C28H45N3O/c1-20-9-6-13-22(14-7-10-20)21-11-2-3-12-23(16-8-15-21)25(28(30)31)19-26(29)24-17-4-5-18-27(24)32/h4-5,17-23,32H,2-3,6-16,29-31H2,1H3/b26-19-. The van der Waals surface area contributed by atoms with E-state index in [1.165, 1.54) is 70.6 Å². The van der Waals surface area contributed by atoms with E-state index in [4.69, 9.17) is 17.2 Å². The molecule has 1 aromatic carbocycles. The van der Waals surface area contributed by atoms with Crippen LogP contribution in [0, 0.1) is 23.7 Å². The Morgan fingerprint density at radius 1 is 0.781 bits per heavy atom. The van der Waals surface area contributed by atoms with Crippen molar-refractivity contribution in [2.45, 2.75) is 90.4 Å². The minimum absolute atomic E-state index is 0.182. The molecule has 2 unspecified atom stereocenters. The van der Waals surface area contributed by atoms with Crippen molar-refractivity contribution < 1.29 is 5.11 Å². The molecule has 1 aromatic rings. The van der Waals surface area contributed by atoms with Crippen molar-refractivity contribution in [2.24, 2.45) is 40.9 Å². The van der Waals surface area contributed by atoms with Gasteiger partial charge in [0.25, 0.3) is 0 Å². The van der Waals surface area contributed by atoms with Crippen LogP contribution in [0.25, 0.3) is 5.70 Å². The van der Waals surface area contributed by atoms with Gasteiger partial charge in [0.2, 0.25) is 0 Å². The van der Waals surface area contributed by atoms with Crippen LogP contribution in [-0.4, -0.2) is 5.11 Å². The highest BCUT2D eigenvalue weighted by atomic mass is 16.3. The van der Waals surface area contributed by atoms with Gasteiger partial charge in [0, 0.05) is 11.3 Å². The Kier molecular flexibility index (Phi) is 9.37. The van der Waals surface area contributed by atoms with Gasteiger partial charge >= 0.3 is 0 Å². The van der Waals surface area contributed by atoms with Crippen LogP contribution < -0.4 is 17.2 Å². The third-order valence-corrected chi connectivity index (χ3v) is 8.01. The molecule has 2 atom stereocenters. The quantitative estimate of drug-likeness (QED) is 0.408. The zero-order chi connectivity index (χ0) is 22.9. The molecular formula is C28H45N3O. The molecule has 7 N–H and O–H groups in total. The average Bonchev–Trinajstić information content (AvgIpc) is 2.86. The van der Waals surface area contributed by atoms with E-state index < -0.39 is 0 Å². The molecule has 0 heterocycles. The molecule has 2 aliphatic rings. The largest absolute Gasteiger partial charge is 0.507 e. The number of allylic oxidation sites excluding steroid dienone is 2. The molecule has 0 saturated heterocycles. The first kappa shape index (κ1) is 24.5. The average molecular weight is 440 g/mol. The van der Waals surface area contributed by atoms with Gasteiger partial charge in [-0.25, -0.2) is 0 Å². The Bertz CT molecular complexity index is 771. The summed E-state index contributed by atoms with van der Waals surface area (Å²) in [5.41, 5.74) is 20.7. The lowest BCUT2D eigenvalue weighted by atomic mass is 9.76. The van der Waals surface area contributed by atoms with Crippen LogP contribution in [-0.2, 0) is 0 Å². The summed E-state index contributed by atoms with van der Waals surface area (Å²) in [7, 11) is 0. The van der Waals surface area contributed by atoms with Crippen molar-refractivity contribution in [3.63, 3.8) is 0 Å². The Balaban J connectivity index is 1.66. The van der Waals surface area contributed by atoms with Crippen LogP contribution in [0.15, 0.2) is 41.7 Å². The van der Waals surface area contributed by atoms with Crippen molar-refractivity contribution in [2.75, 3.05) is 0 Å². The van der Waals surface area contributed by atoms with E-state index in [2.05, 4.69) is 6.92 Å². The minimum atomic E-state index is 0.182. The van der Waals surface area contributed by atoms with Gasteiger partial charge < -0.3 is 22.3 Å². The first-order valence-electron chi connectivity index (χ1n) is 13.0. The van der Waals surface area contributed by atoms with E-state index in [1.807, 2.05) is 18.2 Å². The topological polar surface area (TPSA) is 98.3 Å². The van der Waals surface area contributed by atoms with Crippen LogP contribution >= 0.6 is 0 Å². The van der Waals surface area contributed by atoms with E-state index in [9.17, 15) is 5.11 Å². The van der Waals surface area contributed by atoms with Gasteiger partial charge in [0.05, 0.1) is 5.82 Å². The highest BCUT2D eigenvalue weighted by molar-refractivity contribution is 5.70. The Hall–Kier alpha value is -2.10. The number of hydrogen-bond donors (Lipinski definition) is 4. The van der Waals surface area contributed by atoms with Crippen molar-refractivity contribution >= 4 is 5.70 Å². The van der Waals surface area contributed by atoms with Gasteiger partial charge in [0.1, 0.15) is 5.75 Å². The number of rotatable bonds is 4. The Labute approximate surface area is 195 Å². The number of aromatic hydroxyl groups is 1. The van der Waals surface area contributed by atoms with Crippen molar-refractivity contribution in [1.82, 2.24) is 0 Å². The first-order chi connectivity index (χ1) is 15.5. The fourth-order valence-electron chi connectivity index (χ4n) is 6.11. The van der Waals surface area contributed by atoms with Crippen LogP contribution in [0.2, 0.25) is 0 Å². The SMILES string of the molecule is CC1CCCC(C2CCCCC(C(/C=C(\N)c3ccccc3O)=C(N)N)CCC2)CCC1. The molecule has 0 spiro atoms. The number of hydrogen-bond acceptors (Lipinski definition) is 4. The molecule has 2 aliphatic carbocycles. The zero-order valence-corrected chi connectivity index (χ0v) is 20.1. The lowest BCUT2D eigenvalue weighted by molar-refractivity contribution is 0.219. The Morgan fingerprint density at radius 3 is 1.94 bits per heavy atom. The van der Waals surface area contributed by atoms with Gasteiger partial charge in [-0.2, -0.15) is 0 Å². The molecule has 3 rings (SSSR count). The maximum Gasteiger partial charge on any atom is 0.124 e. The van der Waals surface area contributed by atoms with Crippen LogP contribution in [0.1, 0.15) is 96.0 Å². The molecule has 0 aromatic heterocycles. The van der Waals surface area contributed by atoms with Crippen molar-refractivity contribution in [1.29, 1.82) is 0 Å². The molecule has 4 heteroatoms. The molecule has 0 bridgehead atoms. The molecule has 0 amide bonds. The van der Waals surface area contributed by atoms with Gasteiger partial charge in [0.15, 0.2) is 0 Å². The fraction of sp³-hybridized carbons (Fsp3) is 0.643. The summed E-state index contributed by atoms with van der Waals surface area (Å²) in [6.07, 6.45) is 19.1. The highest BCUT2D eigenvalue weighted by Crippen LogP contribution is 2.38. The monoisotopic (exact) mass is 439 g/mol. The Morgan fingerprint density at radius 2 is 1.31 bits per heavy atom. The van der Waals surface area contributed by atoms with E-state index in [0.717, 1.165) is 36.2 Å². The molecule has 4 nitrogen and oxygen atoms in total. The van der Waals surface area contributed by atoms with E-state index in [0.29, 0.717) is 23.0 Å². The second-order valence-electron chi connectivity index (χ2n) is 10.4. The maximum atomic E-state index is 10.2. The second kappa shape index (κ2) is 12.2. The number of nitrogens with two attached hydrogens (primary N) is 3. The van der Waals surface area contributed by atoms with Crippen LogP contribution in [0.4, 0.5) is 0 Å². The summed E-state index contributed by atoms with van der Waals surface area (Å²) >= 11 is 0. The fourth-order valence-corrected chi connectivity index (χ4v) is 6.11. The molecule has 0 aliphatic heterocycles. The van der Waals surface area contributed by atoms with E-state index >= 15 is 0 Å². The van der Waals surface area contributed by atoms with E-state index in [-0.39, 0.29) is 5.75 Å². The summed E-state index contributed by atoms with van der Waals surface area (Å²) in [5.74, 6) is 3.60. The van der Waals surface area contributed by atoms with Gasteiger partial charge in [-0.1, -0.05) is 89.7 Å². The smallest absolute Gasteiger partial charge is 0.124 e. The predicted molar refractivity (Wildman–Crippen MR) is 135 cm³/mol. The maximum absolute atomic E-state index is 10.2. The first-order valence-corrected chi connectivity index (χ1v) is 13.0. The minimum Gasteiger partial charge on any atom is -0.507 e. The zero-order valence-electron chi connectivity index (χ0n) is 20.1. The number of phenolic OH excluding ortho intramolecular Hbond substituents is 1. The molecule has 2 fully saturated rings. The van der Waals surface area contributed by atoms with Gasteiger partial charge in [-0.3, -0.25) is 0 Å². The second-order valence-corrected chi connectivity index (χ2v) is 10.4. The van der Waals surface area contributed by atoms with Gasteiger partial charge in [-0.05, 0) is 60.3 Å². The summed E-state index contributed by atoms with van der Waals surface area (Å²) in [6, 6.07) is 7.16. The molecule has 2 saturated carbocycles. The lowest BCUT2D eigenvalue weighted by Gasteiger charge is -2.30. The number of para-hydroxylation sites is 1. The highest BCUT2D eigenvalue weighted by Gasteiger charge is 2.25. The third-order valence-electron chi connectivity index (χ3n) is 8.01. The van der Waals surface area contributed by atoms with E-state index in [1.54, 1.807) is 12.1 Å². The third kappa shape index (κ3) is 6.95. The molecule has 32 heavy (non-hydrogen) atoms. The van der Waals surface area contributed by atoms with Crippen molar-refractivity contribution in [3.05, 3.63) is 47.3 Å². The van der Waals surface area contributed by atoms with Crippen LogP contribution in [0.5, 0.6) is 5.75 Å². The lowest BCUT2D eigenvalue weighted by Crippen LogP contribution is -2.18. The summed E-state index contributed by atoms with van der Waals surface area (Å²) in [5, 5.41) is 10.2. The van der Waals surface area contributed by atoms with Crippen molar-refractivity contribution in [3.8, 4) is 5.75 Å². The molecule has 178 valence electrons. The summed E-state index contributed by atoms with van der Waals surface area (Å²) in [4.78, 5) is 0. The van der Waals surface area contributed by atoms with Crippen LogP contribution in [0.3, 0.4) is 0 Å². The summed E-state index contributed by atoms with van der Waals surface area (Å²) < 4.78 is 0. The summed E-state index contributed by atoms with van der Waals surface area (Å²) in [6.45, 7) is 2.43. The predicted octanol–water partition coefficient (Wildman–Crippen LogP) is 6.40. The molecule has 0 radical (unpaired) electrons. The number of benzene rings is 1.